The Balaban J connectivity index is 1.76. The predicted molar refractivity (Wildman–Crippen MR) is 109 cm³/mol. The van der Waals surface area contributed by atoms with E-state index in [1.807, 2.05) is 0 Å². The summed E-state index contributed by atoms with van der Waals surface area (Å²) < 4.78 is 25.2. The quantitative estimate of drug-likeness (QED) is 0.420. The first-order valence-electron chi connectivity index (χ1n) is 7.86. The number of nitrogens with one attached hydrogen (secondary N) is 1. The third-order valence-electron chi connectivity index (χ3n) is 3.75. The van der Waals surface area contributed by atoms with Gasteiger partial charge in [-0.3, -0.25) is 14.9 Å². The second-order valence-corrected chi connectivity index (χ2v) is 9.69. The molecular formula is C17H11Cl2N3O5S2. The van der Waals surface area contributed by atoms with E-state index in [0.717, 1.165) is 41.8 Å². The predicted octanol–water partition coefficient (Wildman–Crippen LogP) is 4.37. The summed E-state index contributed by atoms with van der Waals surface area (Å²) in [6, 6.07) is 9.36. The highest BCUT2D eigenvalue weighted by molar-refractivity contribution is 7.93. The van der Waals surface area contributed by atoms with Crippen LogP contribution < -0.4 is 5.32 Å². The summed E-state index contributed by atoms with van der Waals surface area (Å²) in [5, 5.41) is 14.0. The Hall–Kier alpha value is -2.53. The van der Waals surface area contributed by atoms with Gasteiger partial charge in [0.2, 0.25) is 15.7 Å². The lowest BCUT2D eigenvalue weighted by Crippen LogP contribution is -2.14. The number of benzene rings is 2. The minimum atomic E-state index is -3.93. The number of nitro groups is 1. The normalized spacial score (nSPS) is 11.2. The van der Waals surface area contributed by atoms with Crippen molar-refractivity contribution in [2.24, 2.45) is 0 Å². The lowest BCUT2D eigenvalue weighted by Gasteiger charge is -2.06. The first-order valence-corrected chi connectivity index (χ1v) is 10.9. The number of carbonyl (C=O) groups is 1. The van der Waals surface area contributed by atoms with Crippen LogP contribution >= 0.6 is 34.5 Å². The van der Waals surface area contributed by atoms with Gasteiger partial charge in [0.25, 0.3) is 5.69 Å². The summed E-state index contributed by atoms with van der Waals surface area (Å²) in [5.41, 5.74) is 0.225. The van der Waals surface area contributed by atoms with Crippen LogP contribution in [0.15, 0.2) is 57.8 Å². The van der Waals surface area contributed by atoms with Gasteiger partial charge in [-0.1, -0.05) is 40.6 Å². The maximum Gasteiger partial charge on any atom is 0.269 e. The number of thiazole rings is 1. The van der Waals surface area contributed by atoms with Gasteiger partial charge in [0, 0.05) is 22.2 Å². The molecule has 1 aromatic heterocycles. The van der Waals surface area contributed by atoms with Gasteiger partial charge in [0.1, 0.15) is 4.21 Å². The number of hydrogen-bond donors (Lipinski definition) is 1. The van der Waals surface area contributed by atoms with Crippen molar-refractivity contribution in [1.82, 2.24) is 4.98 Å². The summed E-state index contributed by atoms with van der Waals surface area (Å²) in [5.74, 6) is -0.464. The first kappa shape index (κ1) is 21.2. The van der Waals surface area contributed by atoms with E-state index in [0.29, 0.717) is 15.6 Å². The van der Waals surface area contributed by atoms with E-state index in [1.165, 1.54) is 0 Å². The van der Waals surface area contributed by atoms with Gasteiger partial charge in [-0.2, -0.15) is 0 Å². The smallest absolute Gasteiger partial charge is 0.269 e. The number of halogens is 2. The highest BCUT2D eigenvalue weighted by Crippen LogP contribution is 2.30. The minimum Gasteiger partial charge on any atom is -0.302 e. The van der Waals surface area contributed by atoms with E-state index in [4.69, 9.17) is 23.2 Å². The molecule has 0 bridgehead atoms. The first-order chi connectivity index (χ1) is 13.7. The summed E-state index contributed by atoms with van der Waals surface area (Å²) in [4.78, 5) is 26.1. The molecule has 0 unspecified atom stereocenters. The fraction of sp³-hybridized carbons (Fsp3) is 0.0588. The zero-order valence-electron chi connectivity index (χ0n) is 14.3. The van der Waals surface area contributed by atoms with Gasteiger partial charge in [-0.05, 0) is 29.8 Å². The molecule has 1 N–H and O–H groups in total. The van der Waals surface area contributed by atoms with Gasteiger partial charge in [0.15, 0.2) is 5.13 Å². The highest BCUT2D eigenvalue weighted by atomic mass is 35.5. The number of non-ortho nitro benzene ring substituents is 1. The number of nitro benzene ring substituents is 1. The number of aromatic nitrogens is 1. The van der Waals surface area contributed by atoms with Crippen LogP contribution in [0.1, 0.15) is 5.56 Å². The monoisotopic (exact) mass is 471 g/mol. The average Bonchev–Trinajstić information content (AvgIpc) is 3.14. The van der Waals surface area contributed by atoms with Crippen molar-refractivity contribution in [2.75, 3.05) is 5.32 Å². The van der Waals surface area contributed by atoms with E-state index in [9.17, 15) is 23.3 Å². The number of sulfone groups is 1. The zero-order chi connectivity index (χ0) is 21.2. The molecule has 0 aliphatic heterocycles. The van der Waals surface area contributed by atoms with E-state index >= 15 is 0 Å². The molecule has 1 heterocycles. The molecule has 150 valence electrons. The largest absolute Gasteiger partial charge is 0.302 e. The fourth-order valence-electron chi connectivity index (χ4n) is 2.33. The molecule has 0 radical (unpaired) electrons. The van der Waals surface area contributed by atoms with E-state index in [2.05, 4.69) is 10.3 Å². The molecule has 0 aliphatic rings. The SMILES string of the molecule is O=C(Cc1c(Cl)cccc1Cl)Nc1ncc(S(=O)(=O)c2ccc([N+](=O)[O-])cc2)s1. The Bertz CT molecular complexity index is 1170. The third-order valence-corrected chi connectivity index (χ3v) is 7.60. The van der Waals surface area contributed by atoms with Crippen molar-refractivity contribution in [3.05, 3.63) is 74.4 Å². The van der Waals surface area contributed by atoms with Crippen LogP contribution in [0.3, 0.4) is 0 Å². The molecule has 1 amide bonds. The Morgan fingerprint density at radius 1 is 1.14 bits per heavy atom. The molecule has 0 spiro atoms. The molecule has 0 atom stereocenters. The minimum absolute atomic E-state index is 0.0821. The Morgan fingerprint density at radius 3 is 2.34 bits per heavy atom. The molecule has 0 saturated heterocycles. The number of carbonyl (C=O) groups excluding carboxylic acids is 1. The van der Waals surface area contributed by atoms with Crippen molar-refractivity contribution >= 4 is 61.1 Å². The molecule has 0 fully saturated rings. The van der Waals surface area contributed by atoms with Crippen LogP contribution in [-0.4, -0.2) is 24.2 Å². The Kier molecular flexibility index (Phi) is 6.18. The second kappa shape index (κ2) is 8.46. The van der Waals surface area contributed by atoms with Crippen LogP contribution in [0, 0.1) is 10.1 Å². The molecular weight excluding hydrogens is 461 g/mol. The number of nitrogens with zero attached hydrogens (tertiary/aromatic N) is 2. The van der Waals surface area contributed by atoms with Gasteiger partial charge in [0.05, 0.1) is 22.4 Å². The maximum atomic E-state index is 12.6. The lowest BCUT2D eigenvalue weighted by molar-refractivity contribution is -0.384. The van der Waals surface area contributed by atoms with Crippen LogP contribution in [-0.2, 0) is 21.1 Å². The summed E-state index contributed by atoms with van der Waals surface area (Å²) >= 11 is 12.8. The number of amides is 1. The summed E-state index contributed by atoms with van der Waals surface area (Å²) in [6.45, 7) is 0. The van der Waals surface area contributed by atoms with E-state index in [-0.39, 0.29) is 26.3 Å². The van der Waals surface area contributed by atoms with Gasteiger partial charge < -0.3 is 5.32 Å². The number of hydrogen-bond acceptors (Lipinski definition) is 7. The lowest BCUT2D eigenvalue weighted by atomic mass is 10.1. The maximum absolute atomic E-state index is 12.6. The van der Waals surface area contributed by atoms with Crippen molar-refractivity contribution in [2.45, 2.75) is 15.5 Å². The van der Waals surface area contributed by atoms with Crippen LogP contribution in [0.5, 0.6) is 0 Å². The Morgan fingerprint density at radius 2 is 1.76 bits per heavy atom. The van der Waals surface area contributed by atoms with E-state index < -0.39 is 20.7 Å². The molecule has 8 nitrogen and oxygen atoms in total. The highest BCUT2D eigenvalue weighted by Gasteiger charge is 2.22. The van der Waals surface area contributed by atoms with Crippen molar-refractivity contribution < 1.29 is 18.1 Å². The molecule has 29 heavy (non-hydrogen) atoms. The summed E-state index contributed by atoms with van der Waals surface area (Å²) in [7, 11) is -3.93. The molecule has 12 heteroatoms. The summed E-state index contributed by atoms with van der Waals surface area (Å²) in [6.07, 6.45) is 1.00. The third kappa shape index (κ3) is 4.73. The topological polar surface area (TPSA) is 119 Å². The van der Waals surface area contributed by atoms with Gasteiger partial charge in [-0.25, -0.2) is 13.4 Å². The molecule has 3 rings (SSSR count). The van der Waals surface area contributed by atoms with Crippen molar-refractivity contribution in [1.29, 1.82) is 0 Å². The zero-order valence-corrected chi connectivity index (χ0v) is 17.5. The second-order valence-electron chi connectivity index (χ2n) is 5.66. The van der Waals surface area contributed by atoms with Gasteiger partial charge in [-0.15, -0.1) is 0 Å². The molecule has 2 aromatic carbocycles. The molecule has 0 saturated carbocycles. The Labute approximate surface area is 179 Å². The molecule has 0 aliphatic carbocycles. The van der Waals surface area contributed by atoms with Crippen LogP contribution in [0.2, 0.25) is 10.0 Å². The fourth-order valence-corrected chi connectivity index (χ4v) is 5.31. The van der Waals surface area contributed by atoms with Crippen molar-refractivity contribution in [3.63, 3.8) is 0 Å². The number of anilines is 1. The van der Waals surface area contributed by atoms with Crippen LogP contribution in [0.4, 0.5) is 10.8 Å². The van der Waals surface area contributed by atoms with Crippen LogP contribution in [0.25, 0.3) is 0 Å². The van der Waals surface area contributed by atoms with Gasteiger partial charge >= 0.3 is 0 Å². The number of rotatable bonds is 6. The standard InChI is InChI=1S/C17H11Cl2N3O5S2/c18-13-2-1-3-14(19)12(13)8-15(23)21-17-20-9-16(28-17)29(26,27)11-6-4-10(5-7-11)22(24)25/h1-7,9H,8H2,(H,20,21,23). The average molecular weight is 472 g/mol. The van der Waals surface area contributed by atoms with Crippen molar-refractivity contribution in [3.8, 4) is 0 Å². The van der Waals surface area contributed by atoms with E-state index in [1.54, 1.807) is 18.2 Å². The molecule has 3 aromatic rings.